The molecule has 14 heavy (non-hydrogen) atoms. The predicted octanol–water partition coefficient (Wildman–Crippen LogP) is 1.88. The van der Waals surface area contributed by atoms with Crippen LogP contribution in [0.1, 0.15) is 12.7 Å². The average molecular weight is 209 g/mol. The first kappa shape index (κ1) is 9.15. The molecule has 72 valence electrons. The van der Waals surface area contributed by atoms with E-state index in [-0.39, 0.29) is 0 Å². The van der Waals surface area contributed by atoms with Crippen molar-refractivity contribution in [1.29, 1.82) is 0 Å². The molecule has 0 saturated carbocycles. The van der Waals surface area contributed by atoms with Gasteiger partial charge >= 0.3 is 0 Å². The Hall–Kier alpha value is -1.42. The molecule has 5 heteroatoms. The zero-order chi connectivity index (χ0) is 9.97. The highest BCUT2D eigenvalue weighted by Gasteiger charge is 2.04. The predicted molar refractivity (Wildman–Crippen MR) is 53.5 cm³/mol. The van der Waals surface area contributed by atoms with Crippen LogP contribution in [0.15, 0.2) is 24.3 Å². The van der Waals surface area contributed by atoms with Crippen LogP contribution in [0.3, 0.4) is 0 Å². The Labute approximate surface area is 86.5 Å². The Morgan fingerprint density at radius 1 is 1.29 bits per heavy atom. The highest BCUT2D eigenvalue weighted by atomic mass is 35.5. The third-order valence-electron chi connectivity index (χ3n) is 1.92. The first-order valence-electron chi connectivity index (χ1n) is 4.34. The number of nitrogens with zero attached hydrogens (tertiary/aromatic N) is 4. The molecule has 0 aliphatic carbocycles. The molecule has 0 fully saturated rings. The summed E-state index contributed by atoms with van der Waals surface area (Å²) in [5.74, 6) is 0.840. The molecule has 0 unspecified atom stereocenters. The monoisotopic (exact) mass is 208 g/mol. The van der Waals surface area contributed by atoms with Crippen molar-refractivity contribution in [3.8, 4) is 5.69 Å². The lowest BCUT2D eigenvalue weighted by Gasteiger charge is -2.01. The minimum atomic E-state index is 0.708. The molecule has 0 aliphatic heterocycles. The van der Waals surface area contributed by atoms with Gasteiger partial charge in [0.25, 0.3) is 0 Å². The molecular formula is C9H9ClN4. The molecule has 4 nitrogen and oxygen atoms in total. The maximum atomic E-state index is 5.79. The molecule has 1 aromatic carbocycles. The molecule has 1 aromatic heterocycles. The largest absolute Gasteiger partial charge is 0.197 e. The minimum absolute atomic E-state index is 0.708. The lowest BCUT2D eigenvalue weighted by molar-refractivity contribution is 0.766. The van der Waals surface area contributed by atoms with Crippen molar-refractivity contribution in [2.24, 2.45) is 0 Å². The molecule has 1 heterocycles. The van der Waals surface area contributed by atoms with Crippen molar-refractivity contribution in [1.82, 2.24) is 20.2 Å². The van der Waals surface area contributed by atoms with Gasteiger partial charge in [0.2, 0.25) is 0 Å². The van der Waals surface area contributed by atoms with Gasteiger partial charge in [0.05, 0.1) is 5.69 Å². The topological polar surface area (TPSA) is 43.6 Å². The van der Waals surface area contributed by atoms with Gasteiger partial charge in [0.15, 0.2) is 5.82 Å². The van der Waals surface area contributed by atoms with E-state index in [4.69, 9.17) is 11.6 Å². The second-order valence-corrected chi connectivity index (χ2v) is 3.27. The standard InChI is InChI=1S/C9H9ClN4/c1-2-9-11-12-13-14(9)8-5-3-7(10)4-6-8/h3-6H,2H2,1H3. The van der Waals surface area contributed by atoms with Gasteiger partial charge in [-0.3, -0.25) is 0 Å². The van der Waals surface area contributed by atoms with Crippen LogP contribution in [-0.4, -0.2) is 20.2 Å². The van der Waals surface area contributed by atoms with Gasteiger partial charge in [-0.25, -0.2) is 0 Å². The number of aromatic nitrogens is 4. The maximum Gasteiger partial charge on any atom is 0.156 e. The number of halogens is 1. The fourth-order valence-corrected chi connectivity index (χ4v) is 1.34. The smallest absolute Gasteiger partial charge is 0.156 e. The molecule has 2 rings (SSSR count). The number of aryl methyl sites for hydroxylation is 1. The normalized spacial score (nSPS) is 10.4. The molecule has 2 aromatic rings. The molecule has 0 spiro atoms. The van der Waals surface area contributed by atoms with E-state index in [9.17, 15) is 0 Å². The van der Waals surface area contributed by atoms with E-state index in [1.54, 1.807) is 4.68 Å². The van der Waals surface area contributed by atoms with Crippen LogP contribution in [0.25, 0.3) is 5.69 Å². The van der Waals surface area contributed by atoms with Gasteiger partial charge in [-0.05, 0) is 34.7 Å². The molecular weight excluding hydrogens is 200 g/mol. The molecule has 0 atom stereocenters. The van der Waals surface area contributed by atoms with E-state index >= 15 is 0 Å². The zero-order valence-electron chi connectivity index (χ0n) is 7.68. The van der Waals surface area contributed by atoms with Crippen LogP contribution in [-0.2, 0) is 6.42 Å². The fraction of sp³-hybridized carbons (Fsp3) is 0.222. The first-order valence-corrected chi connectivity index (χ1v) is 4.72. The van der Waals surface area contributed by atoms with E-state index in [2.05, 4.69) is 15.5 Å². The highest BCUT2D eigenvalue weighted by Crippen LogP contribution is 2.13. The van der Waals surface area contributed by atoms with Crippen molar-refractivity contribution in [3.05, 3.63) is 35.1 Å². The molecule has 0 amide bonds. The summed E-state index contributed by atoms with van der Waals surface area (Å²) in [6.45, 7) is 2.01. The summed E-state index contributed by atoms with van der Waals surface area (Å²) in [6, 6.07) is 7.41. The zero-order valence-corrected chi connectivity index (χ0v) is 8.44. The van der Waals surface area contributed by atoms with Crippen molar-refractivity contribution >= 4 is 11.6 Å². The van der Waals surface area contributed by atoms with E-state index in [1.165, 1.54) is 0 Å². The first-order chi connectivity index (χ1) is 6.81. The third-order valence-corrected chi connectivity index (χ3v) is 2.17. The second kappa shape index (κ2) is 3.75. The van der Waals surface area contributed by atoms with E-state index < -0.39 is 0 Å². The van der Waals surface area contributed by atoms with Gasteiger partial charge < -0.3 is 0 Å². The van der Waals surface area contributed by atoms with Crippen molar-refractivity contribution in [2.45, 2.75) is 13.3 Å². The average Bonchev–Trinajstić information content (AvgIpc) is 2.67. The Balaban J connectivity index is 2.44. The van der Waals surface area contributed by atoms with Crippen LogP contribution in [0.5, 0.6) is 0 Å². The summed E-state index contributed by atoms with van der Waals surface area (Å²) in [5.41, 5.74) is 0.927. The van der Waals surface area contributed by atoms with Gasteiger partial charge in [-0.1, -0.05) is 18.5 Å². The molecule has 0 aliphatic rings. The number of tetrazole rings is 1. The summed E-state index contributed by atoms with van der Waals surface area (Å²) in [4.78, 5) is 0. The van der Waals surface area contributed by atoms with E-state index in [0.717, 1.165) is 17.9 Å². The maximum absolute atomic E-state index is 5.79. The quantitative estimate of drug-likeness (QED) is 0.757. The number of hydrogen-bond donors (Lipinski definition) is 0. The van der Waals surface area contributed by atoms with Crippen LogP contribution in [0.2, 0.25) is 5.02 Å². The van der Waals surface area contributed by atoms with Gasteiger partial charge in [-0.15, -0.1) is 5.10 Å². The Bertz CT molecular complexity index is 421. The molecule has 0 saturated heterocycles. The Morgan fingerprint density at radius 3 is 2.64 bits per heavy atom. The SMILES string of the molecule is CCc1nnnn1-c1ccc(Cl)cc1. The van der Waals surface area contributed by atoms with Gasteiger partial charge in [-0.2, -0.15) is 4.68 Å². The Morgan fingerprint density at radius 2 is 2.00 bits per heavy atom. The Kier molecular flexibility index (Phi) is 2.45. The van der Waals surface area contributed by atoms with Crippen molar-refractivity contribution < 1.29 is 0 Å². The summed E-state index contributed by atoms with van der Waals surface area (Å²) in [5, 5.41) is 12.1. The minimum Gasteiger partial charge on any atom is -0.197 e. The van der Waals surface area contributed by atoms with Crippen molar-refractivity contribution in [3.63, 3.8) is 0 Å². The summed E-state index contributed by atoms with van der Waals surface area (Å²) in [6.07, 6.45) is 0.801. The second-order valence-electron chi connectivity index (χ2n) is 2.84. The number of benzene rings is 1. The van der Waals surface area contributed by atoms with Crippen LogP contribution >= 0.6 is 11.6 Å². The number of rotatable bonds is 2. The van der Waals surface area contributed by atoms with Crippen LogP contribution < -0.4 is 0 Å². The summed E-state index contributed by atoms with van der Waals surface area (Å²) >= 11 is 5.79. The summed E-state index contributed by atoms with van der Waals surface area (Å²) in [7, 11) is 0. The lowest BCUT2D eigenvalue weighted by Crippen LogP contribution is -2.01. The molecule has 0 radical (unpaired) electrons. The highest BCUT2D eigenvalue weighted by molar-refractivity contribution is 6.30. The number of hydrogen-bond acceptors (Lipinski definition) is 3. The van der Waals surface area contributed by atoms with Gasteiger partial charge in [0.1, 0.15) is 0 Å². The molecule has 0 N–H and O–H groups in total. The van der Waals surface area contributed by atoms with E-state index in [0.29, 0.717) is 5.02 Å². The lowest BCUT2D eigenvalue weighted by atomic mass is 10.3. The van der Waals surface area contributed by atoms with Crippen LogP contribution in [0.4, 0.5) is 0 Å². The van der Waals surface area contributed by atoms with Crippen molar-refractivity contribution in [2.75, 3.05) is 0 Å². The third kappa shape index (κ3) is 1.61. The molecule has 0 bridgehead atoms. The fourth-order valence-electron chi connectivity index (χ4n) is 1.21. The summed E-state index contributed by atoms with van der Waals surface area (Å²) < 4.78 is 1.70. The van der Waals surface area contributed by atoms with Gasteiger partial charge in [0, 0.05) is 11.4 Å². The van der Waals surface area contributed by atoms with Crippen LogP contribution in [0, 0.1) is 0 Å². The van der Waals surface area contributed by atoms with E-state index in [1.807, 2.05) is 31.2 Å².